The van der Waals surface area contributed by atoms with Gasteiger partial charge in [-0.2, -0.15) is 0 Å². The van der Waals surface area contributed by atoms with Gasteiger partial charge in [-0.1, -0.05) is 12.8 Å². The van der Waals surface area contributed by atoms with E-state index < -0.39 is 0 Å². The molecule has 0 amide bonds. The van der Waals surface area contributed by atoms with E-state index >= 15 is 0 Å². The summed E-state index contributed by atoms with van der Waals surface area (Å²) in [6.07, 6.45) is 5.13. The minimum atomic E-state index is 0.753. The van der Waals surface area contributed by atoms with Crippen LogP contribution < -0.4 is 5.73 Å². The zero-order valence-corrected chi connectivity index (χ0v) is 6.51. The van der Waals surface area contributed by atoms with Crippen molar-refractivity contribution in [3.63, 3.8) is 0 Å². The molecule has 1 aliphatic rings. The maximum atomic E-state index is 5.34. The number of hydrogen-bond donors (Lipinski definition) is 1. The van der Waals surface area contributed by atoms with E-state index in [4.69, 9.17) is 10.5 Å². The van der Waals surface area contributed by atoms with Crippen molar-refractivity contribution >= 4 is 0 Å². The van der Waals surface area contributed by atoms with Crippen LogP contribution in [0.4, 0.5) is 0 Å². The minimum Gasteiger partial charge on any atom is -0.381 e. The third-order valence-corrected chi connectivity index (χ3v) is 1.86. The normalized spacial score (nSPS) is 17.7. The van der Waals surface area contributed by atoms with Gasteiger partial charge in [-0.25, -0.2) is 0 Å². The van der Waals surface area contributed by atoms with E-state index in [1.807, 2.05) is 0 Å². The van der Waals surface area contributed by atoms with Crippen LogP contribution >= 0.6 is 0 Å². The van der Waals surface area contributed by atoms with Crippen LogP contribution in [0.5, 0.6) is 0 Å². The molecule has 1 rings (SSSR count). The van der Waals surface area contributed by atoms with Gasteiger partial charge in [0.15, 0.2) is 0 Å². The van der Waals surface area contributed by atoms with Crippen molar-refractivity contribution in [2.45, 2.75) is 25.7 Å². The van der Waals surface area contributed by atoms with Gasteiger partial charge in [0.2, 0.25) is 0 Å². The Balaban J connectivity index is 1.68. The van der Waals surface area contributed by atoms with Crippen LogP contribution in [0, 0.1) is 5.92 Å². The minimum absolute atomic E-state index is 0.753. The smallest absolute Gasteiger partial charge is 0.0478 e. The van der Waals surface area contributed by atoms with Gasteiger partial charge in [-0.05, 0) is 25.3 Å². The second-order valence-corrected chi connectivity index (χ2v) is 2.99. The average Bonchev–Trinajstić information content (AvgIpc) is 2.71. The first-order valence-corrected chi connectivity index (χ1v) is 4.21. The highest BCUT2D eigenvalue weighted by Gasteiger charge is 2.20. The van der Waals surface area contributed by atoms with Gasteiger partial charge in [0.25, 0.3) is 0 Å². The summed E-state index contributed by atoms with van der Waals surface area (Å²) >= 11 is 0. The molecule has 1 aliphatic carbocycles. The van der Waals surface area contributed by atoms with Crippen molar-refractivity contribution < 1.29 is 4.74 Å². The number of ether oxygens (including phenoxy) is 1. The fourth-order valence-corrected chi connectivity index (χ4v) is 0.944. The molecular weight excluding hydrogens is 126 g/mol. The highest BCUT2D eigenvalue weighted by atomic mass is 16.5. The molecule has 60 valence electrons. The molecule has 0 aromatic rings. The molecule has 0 atom stereocenters. The van der Waals surface area contributed by atoms with Gasteiger partial charge in [0, 0.05) is 13.2 Å². The molecule has 0 saturated heterocycles. The molecule has 0 heterocycles. The molecule has 1 fully saturated rings. The first-order chi connectivity index (χ1) is 4.93. The molecule has 0 radical (unpaired) electrons. The lowest BCUT2D eigenvalue weighted by molar-refractivity contribution is 0.127. The van der Waals surface area contributed by atoms with Crippen molar-refractivity contribution in [3.8, 4) is 0 Å². The second-order valence-electron chi connectivity index (χ2n) is 2.99. The maximum Gasteiger partial charge on any atom is 0.0478 e. The highest BCUT2D eigenvalue weighted by Crippen LogP contribution is 2.31. The van der Waals surface area contributed by atoms with Gasteiger partial charge in [0.1, 0.15) is 0 Å². The van der Waals surface area contributed by atoms with Crippen molar-refractivity contribution in [1.82, 2.24) is 0 Å². The second kappa shape index (κ2) is 4.69. The van der Waals surface area contributed by atoms with Crippen LogP contribution in [0.2, 0.25) is 0 Å². The third-order valence-electron chi connectivity index (χ3n) is 1.86. The summed E-state index contributed by atoms with van der Waals surface area (Å²) in [5.74, 6) is 0.998. The molecule has 2 heteroatoms. The van der Waals surface area contributed by atoms with Crippen molar-refractivity contribution in [1.29, 1.82) is 0 Å². The van der Waals surface area contributed by atoms with Gasteiger partial charge in [-0.15, -0.1) is 0 Å². The topological polar surface area (TPSA) is 35.2 Å². The monoisotopic (exact) mass is 143 g/mol. The lowest BCUT2D eigenvalue weighted by atomic mass is 10.3. The van der Waals surface area contributed by atoms with Crippen LogP contribution in [-0.4, -0.2) is 19.8 Å². The summed E-state index contributed by atoms with van der Waals surface area (Å²) in [6.45, 7) is 2.55. The Hall–Kier alpha value is -0.0800. The summed E-state index contributed by atoms with van der Waals surface area (Å²) in [5, 5.41) is 0. The van der Waals surface area contributed by atoms with E-state index in [2.05, 4.69) is 0 Å². The summed E-state index contributed by atoms with van der Waals surface area (Å²) in [6, 6.07) is 0. The first kappa shape index (κ1) is 8.02. The zero-order chi connectivity index (χ0) is 7.23. The SMILES string of the molecule is NCCCOCCC1CC1. The van der Waals surface area contributed by atoms with E-state index in [0.717, 1.165) is 32.1 Å². The third kappa shape index (κ3) is 3.85. The summed E-state index contributed by atoms with van der Waals surface area (Å²) in [5.41, 5.74) is 5.30. The Morgan fingerprint density at radius 1 is 1.30 bits per heavy atom. The fourth-order valence-electron chi connectivity index (χ4n) is 0.944. The van der Waals surface area contributed by atoms with E-state index in [1.165, 1.54) is 19.3 Å². The molecule has 0 unspecified atom stereocenters. The molecule has 0 aromatic heterocycles. The number of nitrogens with two attached hydrogens (primary N) is 1. The van der Waals surface area contributed by atoms with Gasteiger partial charge >= 0.3 is 0 Å². The Morgan fingerprint density at radius 3 is 2.70 bits per heavy atom. The summed E-state index contributed by atoms with van der Waals surface area (Å²) in [7, 11) is 0. The molecule has 0 aliphatic heterocycles. The Labute approximate surface area is 62.7 Å². The van der Waals surface area contributed by atoms with E-state index in [9.17, 15) is 0 Å². The number of hydrogen-bond acceptors (Lipinski definition) is 2. The molecule has 2 nitrogen and oxygen atoms in total. The maximum absolute atomic E-state index is 5.34. The summed E-state index contributed by atoms with van der Waals surface area (Å²) < 4.78 is 5.34. The van der Waals surface area contributed by atoms with Crippen LogP contribution in [0.3, 0.4) is 0 Å². The van der Waals surface area contributed by atoms with Crippen molar-refractivity contribution in [3.05, 3.63) is 0 Å². The quantitative estimate of drug-likeness (QED) is 0.566. The molecule has 0 aromatic carbocycles. The van der Waals surface area contributed by atoms with E-state index in [0.29, 0.717) is 0 Å². The molecular formula is C8H17NO. The van der Waals surface area contributed by atoms with Gasteiger partial charge in [0.05, 0.1) is 0 Å². The predicted octanol–water partition coefficient (Wildman–Crippen LogP) is 1.15. The largest absolute Gasteiger partial charge is 0.381 e. The standard InChI is InChI=1S/C8H17NO/c9-5-1-6-10-7-4-8-2-3-8/h8H,1-7,9H2. The fraction of sp³-hybridized carbons (Fsp3) is 1.00. The molecule has 1 saturated carbocycles. The first-order valence-electron chi connectivity index (χ1n) is 4.21. The van der Waals surface area contributed by atoms with Crippen LogP contribution in [0.1, 0.15) is 25.7 Å². The van der Waals surface area contributed by atoms with Gasteiger partial charge in [-0.3, -0.25) is 0 Å². The Kier molecular flexibility index (Phi) is 3.76. The molecule has 0 spiro atoms. The molecule has 10 heavy (non-hydrogen) atoms. The van der Waals surface area contributed by atoms with Crippen molar-refractivity contribution in [2.75, 3.05) is 19.8 Å². The van der Waals surface area contributed by atoms with Crippen LogP contribution in [0.15, 0.2) is 0 Å². The zero-order valence-electron chi connectivity index (χ0n) is 6.51. The molecule has 2 N–H and O–H groups in total. The van der Waals surface area contributed by atoms with Crippen molar-refractivity contribution in [2.24, 2.45) is 11.7 Å². The Bertz CT molecular complexity index is 81.3. The number of rotatable bonds is 6. The van der Waals surface area contributed by atoms with E-state index in [1.54, 1.807) is 0 Å². The lowest BCUT2D eigenvalue weighted by Crippen LogP contribution is -2.05. The van der Waals surface area contributed by atoms with E-state index in [-0.39, 0.29) is 0 Å². The van der Waals surface area contributed by atoms with Crippen LogP contribution in [0.25, 0.3) is 0 Å². The highest BCUT2D eigenvalue weighted by molar-refractivity contribution is 4.72. The lowest BCUT2D eigenvalue weighted by Gasteiger charge is -2.00. The summed E-state index contributed by atoms with van der Waals surface area (Å²) in [4.78, 5) is 0. The predicted molar refractivity (Wildman–Crippen MR) is 41.8 cm³/mol. The average molecular weight is 143 g/mol. The molecule has 0 bridgehead atoms. The Morgan fingerprint density at radius 2 is 2.10 bits per heavy atom. The van der Waals surface area contributed by atoms with Gasteiger partial charge < -0.3 is 10.5 Å². The van der Waals surface area contributed by atoms with Crippen LogP contribution in [-0.2, 0) is 4.74 Å².